The van der Waals surface area contributed by atoms with Crippen molar-refractivity contribution in [3.63, 3.8) is 0 Å². The third-order valence-electron chi connectivity index (χ3n) is 2.19. The van der Waals surface area contributed by atoms with Gasteiger partial charge < -0.3 is 15.2 Å². The first kappa shape index (κ1) is 14.0. The topological polar surface area (TPSA) is 58.6 Å². The Bertz CT molecular complexity index is 395. The smallest absolute Gasteiger partial charge is 0.337 e. The molecule has 0 heterocycles. The molecule has 0 bridgehead atoms. The summed E-state index contributed by atoms with van der Waals surface area (Å²) in [6.45, 7) is 5.07. The van der Waals surface area contributed by atoms with Gasteiger partial charge >= 0.3 is 5.97 Å². The standard InChI is InChI=1S/C12H16BrNO3/c1-3-17-7-8(2)14-11-5-4-9(13)6-10(11)12(15)16/h4-6,8,14H,3,7H2,1-2H3,(H,15,16). The van der Waals surface area contributed by atoms with Crippen LogP contribution in [0.15, 0.2) is 22.7 Å². The number of ether oxygens (including phenoxy) is 1. The normalized spacial score (nSPS) is 12.2. The van der Waals surface area contributed by atoms with Gasteiger partial charge in [0.15, 0.2) is 0 Å². The first-order valence-corrected chi connectivity index (χ1v) is 6.21. The summed E-state index contributed by atoms with van der Waals surface area (Å²) in [7, 11) is 0. The summed E-state index contributed by atoms with van der Waals surface area (Å²) >= 11 is 3.26. The van der Waals surface area contributed by atoms with Crippen LogP contribution in [0, 0.1) is 0 Å². The van der Waals surface area contributed by atoms with E-state index >= 15 is 0 Å². The van der Waals surface area contributed by atoms with Gasteiger partial charge in [0, 0.05) is 22.8 Å². The highest BCUT2D eigenvalue weighted by Crippen LogP contribution is 2.21. The number of benzene rings is 1. The predicted octanol–water partition coefficient (Wildman–Crippen LogP) is 2.98. The molecule has 0 saturated carbocycles. The lowest BCUT2D eigenvalue weighted by atomic mass is 10.1. The predicted molar refractivity (Wildman–Crippen MR) is 70.7 cm³/mol. The molecule has 4 nitrogen and oxygen atoms in total. The van der Waals surface area contributed by atoms with Crippen LogP contribution in [0.4, 0.5) is 5.69 Å². The fraction of sp³-hybridized carbons (Fsp3) is 0.417. The average molecular weight is 302 g/mol. The molecule has 94 valence electrons. The molecule has 0 fully saturated rings. The number of carbonyl (C=O) groups is 1. The Morgan fingerprint density at radius 2 is 2.29 bits per heavy atom. The van der Waals surface area contributed by atoms with Crippen LogP contribution in [0.25, 0.3) is 0 Å². The van der Waals surface area contributed by atoms with Gasteiger partial charge in [-0.05, 0) is 32.0 Å². The van der Waals surface area contributed by atoms with E-state index < -0.39 is 5.97 Å². The molecule has 5 heteroatoms. The summed E-state index contributed by atoms with van der Waals surface area (Å²) in [5.74, 6) is -0.947. The number of anilines is 1. The quantitative estimate of drug-likeness (QED) is 0.848. The molecule has 1 aromatic rings. The van der Waals surface area contributed by atoms with Gasteiger partial charge in [0.2, 0.25) is 0 Å². The molecular weight excluding hydrogens is 286 g/mol. The first-order chi connectivity index (χ1) is 8.04. The molecule has 1 aromatic carbocycles. The average Bonchev–Trinajstić information content (AvgIpc) is 2.28. The largest absolute Gasteiger partial charge is 0.478 e. The van der Waals surface area contributed by atoms with Gasteiger partial charge in [0.05, 0.1) is 12.2 Å². The lowest BCUT2D eigenvalue weighted by Gasteiger charge is -2.16. The number of carboxylic acid groups (broad SMARTS) is 1. The molecule has 0 radical (unpaired) electrons. The molecule has 0 aliphatic carbocycles. The van der Waals surface area contributed by atoms with Gasteiger partial charge in [-0.1, -0.05) is 15.9 Å². The molecule has 1 unspecified atom stereocenters. The lowest BCUT2D eigenvalue weighted by Crippen LogP contribution is -2.23. The van der Waals surface area contributed by atoms with Crippen molar-refractivity contribution in [2.75, 3.05) is 18.5 Å². The van der Waals surface area contributed by atoms with Crippen LogP contribution in [0.3, 0.4) is 0 Å². The minimum absolute atomic E-state index is 0.0641. The first-order valence-electron chi connectivity index (χ1n) is 5.41. The summed E-state index contributed by atoms with van der Waals surface area (Å²) in [6.07, 6.45) is 0. The molecule has 0 spiro atoms. The van der Waals surface area contributed by atoms with Crippen molar-refractivity contribution in [2.45, 2.75) is 19.9 Å². The Balaban J connectivity index is 2.79. The summed E-state index contributed by atoms with van der Waals surface area (Å²) in [5.41, 5.74) is 0.857. The van der Waals surface area contributed by atoms with E-state index in [0.717, 1.165) is 4.47 Å². The fourth-order valence-corrected chi connectivity index (χ4v) is 1.78. The van der Waals surface area contributed by atoms with Crippen LogP contribution in [0.1, 0.15) is 24.2 Å². The zero-order valence-corrected chi connectivity index (χ0v) is 11.5. The minimum Gasteiger partial charge on any atom is -0.478 e. The van der Waals surface area contributed by atoms with Gasteiger partial charge in [-0.25, -0.2) is 4.79 Å². The number of rotatable bonds is 6. The third kappa shape index (κ3) is 4.36. The van der Waals surface area contributed by atoms with Crippen molar-refractivity contribution in [3.05, 3.63) is 28.2 Å². The molecular formula is C12H16BrNO3. The Labute approximate surface area is 109 Å². The van der Waals surface area contributed by atoms with Crippen LogP contribution in [-0.2, 0) is 4.74 Å². The number of carboxylic acids is 1. The zero-order valence-electron chi connectivity index (χ0n) is 9.87. The number of nitrogens with one attached hydrogen (secondary N) is 1. The van der Waals surface area contributed by atoms with Crippen molar-refractivity contribution in [3.8, 4) is 0 Å². The highest BCUT2D eigenvalue weighted by molar-refractivity contribution is 9.10. The summed E-state index contributed by atoms with van der Waals surface area (Å²) in [4.78, 5) is 11.1. The van der Waals surface area contributed by atoms with Crippen molar-refractivity contribution in [1.29, 1.82) is 0 Å². The van der Waals surface area contributed by atoms with Gasteiger partial charge in [0.25, 0.3) is 0 Å². The van der Waals surface area contributed by atoms with Crippen molar-refractivity contribution < 1.29 is 14.6 Å². The van der Waals surface area contributed by atoms with Crippen LogP contribution in [0.5, 0.6) is 0 Å². The van der Waals surface area contributed by atoms with Crippen molar-refractivity contribution >= 4 is 27.6 Å². The van der Waals surface area contributed by atoms with Crippen LogP contribution >= 0.6 is 15.9 Å². The second-order valence-electron chi connectivity index (χ2n) is 3.70. The highest BCUT2D eigenvalue weighted by Gasteiger charge is 2.12. The molecule has 0 aliphatic rings. The lowest BCUT2D eigenvalue weighted by molar-refractivity contribution is 0.0697. The summed E-state index contributed by atoms with van der Waals surface area (Å²) < 4.78 is 6.02. The van der Waals surface area contributed by atoms with E-state index in [9.17, 15) is 4.79 Å². The Morgan fingerprint density at radius 3 is 2.88 bits per heavy atom. The van der Waals surface area contributed by atoms with E-state index in [0.29, 0.717) is 18.9 Å². The van der Waals surface area contributed by atoms with Gasteiger partial charge in [-0.15, -0.1) is 0 Å². The Morgan fingerprint density at radius 1 is 1.59 bits per heavy atom. The maximum absolute atomic E-state index is 11.1. The van der Waals surface area contributed by atoms with Crippen molar-refractivity contribution in [1.82, 2.24) is 0 Å². The zero-order chi connectivity index (χ0) is 12.8. The molecule has 1 rings (SSSR count). The van der Waals surface area contributed by atoms with E-state index in [4.69, 9.17) is 9.84 Å². The minimum atomic E-state index is -0.947. The fourth-order valence-electron chi connectivity index (χ4n) is 1.42. The summed E-state index contributed by atoms with van der Waals surface area (Å²) in [5, 5.41) is 12.2. The van der Waals surface area contributed by atoms with Gasteiger partial charge in [-0.3, -0.25) is 0 Å². The molecule has 0 saturated heterocycles. The number of halogens is 1. The maximum atomic E-state index is 11.1. The molecule has 0 amide bonds. The second kappa shape index (κ2) is 6.61. The third-order valence-corrected chi connectivity index (χ3v) is 2.68. The van der Waals surface area contributed by atoms with E-state index in [1.165, 1.54) is 0 Å². The molecule has 17 heavy (non-hydrogen) atoms. The highest BCUT2D eigenvalue weighted by atomic mass is 79.9. The van der Waals surface area contributed by atoms with Crippen LogP contribution < -0.4 is 5.32 Å². The van der Waals surface area contributed by atoms with E-state index in [-0.39, 0.29) is 11.6 Å². The molecule has 0 aromatic heterocycles. The Hall–Kier alpha value is -1.07. The van der Waals surface area contributed by atoms with E-state index in [1.54, 1.807) is 12.1 Å². The molecule has 0 aliphatic heterocycles. The van der Waals surface area contributed by atoms with Crippen LogP contribution in [-0.4, -0.2) is 30.3 Å². The molecule has 2 N–H and O–H groups in total. The number of hydrogen-bond acceptors (Lipinski definition) is 3. The van der Waals surface area contributed by atoms with Gasteiger partial charge in [0.1, 0.15) is 0 Å². The summed E-state index contributed by atoms with van der Waals surface area (Å²) in [6, 6.07) is 5.20. The van der Waals surface area contributed by atoms with E-state index in [2.05, 4.69) is 21.2 Å². The SMILES string of the molecule is CCOCC(C)Nc1ccc(Br)cc1C(=O)O. The van der Waals surface area contributed by atoms with Gasteiger partial charge in [-0.2, -0.15) is 0 Å². The monoisotopic (exact) mass is 301 g/mol. The second-order valence-corrected chi connectivity index (χ2v) is 4.62. The molecule has 1 atom stereocenters. The number of hydrogen-bond donors (Lipinski definition) is 2. The maximum Gasteiger partial charge on any atom is 0.337 e. The van der Waals surface area contributed by atoms with E-state index in [1.807, 2.05) is 19.9 Å². The Kier molecular flexibility index (Phi) is 5.44. The van der Waals surface area contributed by atoms with Crippen molar-refractivity contribution in [2.24, 2.45) is 0 Å². The number of aromatic carboxylic acids is 1. The van der Waals surface area contributed by atoms with Crippen LogP contribution in [0.2, 0.25) is 0 Å².